The van der Waals surface area contributed by atoms with Gasteiger partial charge in [-0.15, -0.1) is 35.3 Å². The Morgan fingerprint density at radius 3 is 2.59 bits per heavy atom. The highest BCUT2D eigenvalue weighted by molar-refractivity contribution is 14.0. The number of thiazole rings is 1. The number of aliphatic imine (C=N–C) groups is 1. The molecule has 2 heterocycles. The van der Waals surface area contributed by atoms with Gasteiger partial charge >= 0.3 is 0 Å². The second-order valence-corrected chi connectivity index (χ2v) is 7.29. The van der Waals surface area contributed by atoms with Gasteiger partial charge in [-0.2, -0.15) is 0 Å². The molecule has 2 rings (SSSR count). The van der Waals surface area contributed by atoms with Crippen molar-refractivity contribution in [1.82, 2.24) is 15.2 Å². The third-order valence-electron chi connectivity index (χ3n) is 3.82. The molecule has 1 N–H and O–H groups in total. The second-order valence-electron chi connectivity index (χ2n) is 6.10. The van der Waals surface area contributed by atoms with Crippen LogP contribution in [0.4, 0.5) is 0 Å². The molecular formula is C16H29IN4S. The third kappa shape index (κ3) is 5.68. The van der Waals surface area contributed by atoms with E-state index in [0.717, 1.165) is 48.9 Å². The van der Waals surface area contributed by atoms with Crippen molar-refractivity contribution in [3.63, 3.8) is 0 Å². The van der Waals surface area contributed by atoms with Crippen LogP contribution in [-0.4, -0.2) is 35.5 Å². The highest BCUT2D eigenvalue weighted by Gasteiger charge is 2.23. The minimum Gasteiger partial charge on any atom is -0.357 e. The summed E-state index contributed by atoms with van der Waals surface area (Å²) in [5.41, 5.74) is 0. The van der Waals surface area contributed by atoms with E-state index in [-0.39, 0.29) is 24.0 Å². The molecule has 0 radical (unpaired) electrons. The van der Waals surface area contributed by atoms with Crippen LogP contribution in [0.1, 0.15) is 44.0 Å². The van der Waals surface area contributed by atoms with E-state index in [2.05, 4.69) is 42.9 Å². The van der Waals surface area contributed by atoms with Crippen molar-refractivity contribution < 1.29 is 0 Å². The third-order valence-corrected chi connectivity index (χ3v) is 4.94. The van der Waals surface area contributed by atoms with Gasteiger partial charge in [-0.1, -0.05) is 20.8 Å². The normalized spacial score (nSPS) is 22.4. The fraction of sp³-hybridized carbons (Fsp3) is 0.750. The van der Waals surface area contributed by atoms with E-state index in [4.69, 9.17) is 4.99 Å². The molecule has 22 heavy (non-hydrogen) atoms. The average Bonchev–Trinajstić information content (AvgIpc) is 2.90. The van der Waals surface area contributed by atoms with Crippen LogP contribution in [0.15, 0.2) is 11.2 Å². The molecule has 2 atom stereocenters. The maximum Gasteiger partial charge on any atom is 0.194 e. The van der Waals surface area contributed by atoms with Gasteiger partial charge in [-0.25, -0.2) is 9.98 Å². The van der Waals surface area contributed by atoms with Gasteiger partial charge in [0.15, 0.2) is 5.96 Å². The molecule has 1 aliphatic heterocycles. The first kappa shape index (κ1) is 19.7. The van der Waals surface area contributed by atoms with Crippen LogP contribution in [0.25, 0.3) is 0 Å². The summed E-state index contributed by atoms with van der Waals surface area (Å²) in [6, 6.07) is 0. The van der Waals surface area contributed by atoms with Gasteiger partial charge < -0.3 is 10.2 Å². The summed E-state index contributed by atoms with van der Waals surface area (Å²) >= 11 is 1.78. The molecule has 1 aliphatic rings. The number of hydrogen-bond acceptors (Lipinski definition) is 3. The van der Waals surface area contributed by atoms with E-state index in [1.807, 2.05) is 6.20 Å². The number of nitrogens with one attached hydrogen (secondary N) is 1. The fourth-order valence-corrected chi connectivity index (χ4v) is 3.78. The molecule has 0 aromatic carbocycles. The lowest BCUT2D eigenvalue weighted by Crippen LogP contribution is -2.48. The molecule has 4 nitrogen and oxygen atoms in total. The van der Waals surface area contributed by atoms with Crippen LogP contribution in [0.5, 0.6) is 0 Å². The molecule has 1 fully saturated rings. The Kier molecular flexibility index (Phi) is 8.67. The van der Waals surface area contributed by atoms with Gasteiger partial charge in [0.1, 0.15) is 5.01 Å². The Morgan fingerprint density at radius 1 is 1.36 bits per heavy atom. The molecule has 0 saturated carbocycles. The van der Waals surface area contributed by atoms with E-state index in [1.165, 1.54) is 11.3 Å². The van der Waals surface area contributed by atoms with Gasteiger partial charge in [0.05, 0.1) is 6.54 Å². The van der Waals surface area contributed by atoms with Crippen molar-refractivity contribution in [3.8, 4) is 0 Å². The summed E-state index contributed by atoms with van der Waals surface area (Å²) in [6.45, 7) is 12.8. The quantitative estimate of drug-likeness (QED) is 0.444. The number of piperidine rings is 1. The number of aromatic nitrogens is 1. The summed E-state index contributed by atoms with van der Waals surface area (Å²) in [5, 5.41) is 4.55. The molecule has 126 valence electrons. The van der Waals surface area contributed by atoms with Gasteiger partial charge in [-0.3, -0.25) is 0 Å². The monoisotopic (exact) mass is 436 g/mol. The minimum atomic E-state index is 0. The molecule has 1 aromatic heterocycles. The molecule has 0 aliphatic carbocycles. The predicted molar refractivity (Wildman–Crippen MR) is 106 cm³/mol. The van der Waals surface area contributed by atoms with Gasteiger partial charge in [-0.05, 0) is 31.6 Å². The Balaban J connectivity index is 0.00000242. The van der Waals surface area contributed by atoms with Crippen LogP contribution in [0, 0.1) is 11.8 Å². The lowest BCUT2D eigenvalue weighted by molar-refractivity contribution is 0.208. The average molecular weight is 436 g/mol. The van der Waals surface area contributed by atoms with Crippen molar-refractivity contribution in [2.24, 2.45) is 16.8 Å². The molecule has 1 aromatic rings. The predicted octanol–water partition coefficient (Wildman–Crippen LogP) is 3.77. The molecule has 6 heteroatoms. The SMILES string of the molecule is CCNC(=NCc1ncc(CC)s1)N1CC(C)CC(C)C1.I. The first-order valence-electron chi connectivity index (χ1n) is 8.09. The van der Waals surface area contributed by atoms with E-state index in [9.17, 15) is 0 Å². The highest BCUT2D eigenvalue weighted by Crippen LogP contribution is 2.21. The van der Waals surface area contributed by atoms with E-state index < -0.39 is 0 Å². The summed E-state index contributed by atoms with van der Waals surface area (Å²) < 4.78 is 0. The maximum absolute atomic E-state index is 4.80. The standard InChI is InChI=1S/C16H28N4S.HI/c1-5-14-8-18-15(21-14)9-19-16(17-6-2)20-10-12(3)7-13(4)11-20;/h8,12-13H,5-7,9-11H2,1-4H3,(H,17,19);1H. The van der Waals surface area contributed by atoms with E-state index >= 15 is 0 Å². The molecular weight excluding hydrogens is 407 g/mol. The highest BCUT2D eigenvalue weighted by atomic mass is 127. The Morgan fingerprint density at radius 2 is 2.05 bits per heavy atom. The fourth-order valence-electron chi connectivity index (χ4n) is 2.99. The van der Waals surface area contributed by atoms with E-state index in [0.29, 0.717) is 6.54 Å². The zero-order chi connectivity index (χ0) is 15.2. The first-order chi connectivity index (χ1) is 10.1. The molecule has 0 spiro atoms. The molecule has 1 saturated heterocycles. The van der Waals surface area contributed by atoms with Gasteiger partial charge in [0.25, 0.3) is 0 Å². The number of likely N-dealkylation sites (tertiary alicyclic amines) is 1. The van der Waals surface area contributed by atoms with E-state index in [1.54, 1.807) is 11.3 Å². The Labute approximate surface area is 155 Å². The number of rotatable bonds is 4. The number of hydrogen-bond donors (Lipinski definition) is 1. The maximum atomic E-state index is 4.80. The smallest absolute Gasteiger partial charge is 0.194 e. The number of guanidine groups is 1. The summed E-state index contributed by atoms with van der Waals surface area (Å²) in [6.07, 6.45) is 4.36. The largest absolute Gasteiger partial charge is 0.357 e. The van der Waals surface area contributed by atoms with Crippen molar-refractivity contribution >= 4 is 41.3 Å². The molecule has 0 bridgehead atoms. The van der Waals surface area contributed by atoms with Gasteiger partial charge in [0.2, 0.25) is 0 Å². The summed E-state index contributed by atoms with van der Waals surface area (Å²) in [4.78, 5) is 13.0. The lowest BCUT2D eigenvalue weighted by atomic mass is 9.92. The minimum absolute atomic E-state index is 0. The number of aryl methyl sites for hydroxylation is 1. The van der Waals surface area contributed by atoms with Gasteiger partial charge in [0, 0.05) is 30.7 Å². The summed E-state index contributed by atoms with van der Waals surface area (Å²) in [7, 11) is 0. The molecule has 2 unspecified atom stereocenters. The van der Waals surface area contributed by atoms with Crippen LogP contribution in [0.3, 0.4) is 0 Å². The number of nitrogens with zero attached hydrogens (tertiary/aromatic N) is 3. The second kappa shape index (κ2) is 9.70. The summed E-state index contributed by atoms with van der Waals surface area (Å²) in [5.74, 6) is 2.53. The molecule has 0 amide bonds. The van der Waals surface area contributed by atoms with Crippen LogP contribution in [0.2, 0.25) is 0 Å². The van der Waals surface area contributed by atoms with Crippen LogP contribution >= 0.6 is 35.3 Å². The lowest BCUT2D eigenvalue weighted by Gasteiger charge is -2.37. The van der Waals surface area contributed by atoms with Crippen LogP contribution in [-0.2, 0) is 13.0 Å². The zero-order valence-corrected chi connectivity index (χ0v) is 17.3. The van der Waals surface area contributed by atoms with Crippen molar-refractivity contribution in [2.45, 2.75) is 47.1 Å². The first-order valence-corrected chi connectivity index (χ1v) is 8.90. The van der Waals surface area contributed by atoms with Crippen molar-refractivity contribution in [3.05, 3.63) is 16.1 Å². The van der Waals surface area contributed by atoms with Crippen molar-refractivity contribution in [2.75, 3.05) is 19.6 Å². The topological polar surface area (TPSA) is 40.5 Å². The zero-order valence-electron chi connectivity index (χ0n) is 14.1. The number of halogens is 1. The Bertz CT molecular complexity index is 464. The van der Waals surface area contributed by atoms with Crippen LogP contribution < -0.4 is 5.32 Å². The Hall–Kier alpha value is -0.370. The van der Waals surface area contributed by atoms with Crippen molar-refractivity contribution in [1.29, 1.82) is 0 Å².